The number of hydrogen-bond donors (Lipinski definition) is 0. The average Bonchev–Trinajstić information content (AvgIpc) is 3.09. The number of sulfonamides is 1. The monoisotopic (exact) mass is 476 g/mol. The summed E-state index contributed by atoms with van der Waals surface area (Å²) in [6, 6.07) is 11.6. The number of esters is 2. The van der Waals surface area contributed by atoms with Crippen molar-refractivity contribution in [3.05, 3.63) is 59.2 Å². The van der Waals surface area contributed by atoms with Gasteiger partial charge in [0.1, 0.15) is 5.75 Å². The standard InChI is InChI=1S/C23H28N2O7S/c1-30-19-8-5-17(6-9-19)16-24-11-4-12-25(14-13-24)33(28,29)21-15-18(22(26)31-2)7-10-20(21)23(27)32-3/h5-10,15H,4,11-14,16H2,1-3H3. The van der Waals surface area contributed by atoms with Crippen LogP contribution in [0.25, 0.3) is 0 Å². The van der Waals surface area contributed by atoms with Gasteiger partial charge in [0, 0.05) is 26.2 Å². The average molecular weight is 477 g/mol. The van der Waals surface area contributed by atoms with Crippen LogP contribution in [0.2, 0.25) is 0 Å². The molecule has 1 fully saturated rings. The summed E-state index contributed by atoms with van der Waals surface area (Å²) < 4.78 is 43.0. The third-order valence-corrected chi connectivity index (χ3v) is 7.48. The molecule has 178 valence electrons. The molecule has 1 aliphatic heterocycles. The van der Waals surface area contributed by atoms with Crippen molar-refractivity contribution in [3.63, 3.8) is 0 Å². The van der Waals surface area contributed by atoms with E-state index in [4.69, 9.17) is 14.2 Å². The van der Waals surface area contributed by atoms with Gasteiger partial charge >= 0.3 is 11.9 Å². The third kappa shape index (κ3) is 5.70. The van der Waals surface area contributed by atoms with Gasteiger partial charge in [0.2, 0.25) is 10.0 Å². The lowest BCUT2D eigenvalue weighted by atomic mass is 10.1. The quantitative estimate of drug-likeness (QED) is 0.561. The van der Waals surface area contributed by atoms with Gasteiger partial charge < -0.3 is 14.2 Å². The number of rotatable bonds is 7. The highest BCUT2D eigenvalue weighted by Crippen LogP contribution is 2.25. The van der Waals surface area contributed by atoms with Crippen molar-refractivity contribution >= 4 is 22.0 Å². The van der Waals surface area contributed by atoms with E-state index in [-0.39, 0.29) is 22.6 Å². The molecule has 10 heteroatoms. The van der Waals surface area contributed by atoms with Crippen molar-refractivity contribution in [2.45, 2.75) is 17.9 Å². The van der Waals surface area contributed by atoms with Crippen molar-refractivity contribution in [1.29, 1.82) is 0 Å². The second kappa shape index (κ2) is 10.8. The van der Waals surface area contributed by atoms with E-state index in [0.29, 0.717) is 26.1 Å². The number of benzene rings is 2. The van der Waals surface area contributed by atoms with Gasteiger partial charge in [-0.3, -0.25) is 4.90 Å². The normalized spacial score (nSPS) is 15.5. The van der Waals surface area contributed by atoms with Crippen LogP contribution in [0.5, 0.6) is 5.75 Å². The van der Waals surface area contributed by atoms with E-state index < -0.39 is 22.0 Å². The maximum absolute atomic E-state index is 13.5. The van der Waals surface area contributed by atoms with Gasteiger partial charge in [-0.25, -0.2) is 18.0 Å². The highest BCUT2D eigenvalue weighted by Gasteiger charge is 2.32. The minimum absolute atomic E-state index is 0.0414. The highest BCUT2D eigenvalue weighted by molar-refractivity contribution is 7.89. The molecule has 0 saturated carbocycles. The summed E-state index contributed by atoms with van der Waals surface area (Å²) in [7, 11) is -0.0609. The Morgan fingerprint density at radius 3 is 2.21 bits per heavy atom. The predicted molar refractivity (Wildman–Crippen MR) is 121 cm³/mol. The maximum atomic E-state index is 13.5. The first-order valence-electron chi connectivity index (χ1n) is 10.5. The lowest BCUT2D eigenvalue weighted by Gasteiger charge is -2.23. The third-order valence-electron chi connectivity index (χ3n) is 5.54. The number of methoxy groups -OCH3 is 3. The van der Waals surface area contributed by atoms with Crippen LogP contribution in [0.3, 0.4) is 0 Å². The van der Waals surface area contributed by atoms with Crippen LogP contribution in [0.1, 0.15) is 32.7 Å². The molecule has 2 aromatic carbocycles. The maximum Gasteiger partial charge on any atom is 0.339 e. The van der Waals surface area contributed by atoms with Gasteiger partial charge in [-0.15, -0.1) is 0 Å². The number of carbonyl (C=O) groups excluding carboxylic acids is 2. The summed E-state index contributed by atoms with van der Waals surface area (Å²) in [5.41, 5.74) is 1.02. The molecule has 0 amide bonds. The Morgan fingerprint density at radius 1 is 0.879 bits per heavy atom. The minimum Gasteiger partial charge on any atom is -0.497 e. The second-order valence-electron chi connectivity index (χ2n) is 7.58. The molecule has 0 spiro atoms. The van der Waals surface area contributed by atoms with Crippen LogP contribution in [0.4, 0.5) is 0 Å². The smallest absolute Gasteiger partial charge is 0.339 e. The van der Waals surface area contributed by atoms with Gasteiger partial charge in [0.25, 0.3) is 0 Å². The predicted octanol–water partition coefficient (Wildman–Crippen LogP) is 2.16. The Labute approximate surface area is 193 Å². The number of carbonyl (C=O) groups is 2. The molecule has 9 nitrogen and oxygen atoms in total. The Bertz CT molecular complexity index is 1100. The molecule has 3 rings (SSSR count). The molecule has 1 heterocycles. The van der Waals surface area contributed by atoms with Gasteiger partial charge in [-0.05, 0) is 48.9 Å². The van der Waals surface area contributed by atoms with Gasteiger partial charge in [-0.1, -0.05) is 12.1 Å². The van der Waals surface area contributed by atoms with Crippen LogP contribution in [-0.2, 0) is 26.0 Å². The second-order valence-corrected chi connectivity index (χ2v) is 9.48. The van der Waals surface area contributed by atoms with Crippen molar-refractivity contribution in [1.82, 2.24) is 9.21 Å². The Kier molecular flexibility index (Phi) is 8.06. The Morgan fingerprint density at radius 2 is 1.58 bits per heavy atom. The summed E-state index contributed by atoms with van der Waals surface area (Å²) in [4.78, 5) is 26.1. The lowest BCUT2D eigenvalue weighted by Crippen LogP contribution is -2.36. The van der Waals surface area contributed by atoms with Crippen molar-refractivity contribution in [3.8, 4) is 5.75 Å². The number of hydrogen-bond acceptors (Lipinski definition) is 8. The fourth-order valence-electron chi connectivity index (χ4n) is 3.73. The largest absolute Gasteiger partial charge is 0.497 e. The first kappa shape index (κ1) is 24.7. The van der Waals surface area contributed by atoms with Crippen molar-refractivity contribution < 1.29 is 32.2 Å². The molecule has 1 aliphatic rings. The molecule has 0 bridgehead atoms. The molecular weight excluding hydrogens is 448 g/mol. The van der Waals surface area contributed by atoms with Crippen LogP contribution in [0.15, 0.2) is 47.4 Å². The summed E-state index contributed by atoms with van der Waals surface area (Å²) >= 11 is 0. The SMILES string of the molecule is COC(=O)c1ccc(C(=O)OC)c(S(=O)(=O)N2CCCN(Cc3ccc(OC)cc3)CC2)c1. The first-order chi connectivity index (χ1) is 15.8. The van der Waals surface area contributed by atoms with Crippen molar-refractivity contribution in [2.24, 2.45) is 0 Å². The van der Waals surface area contributed by atoms with Gasteiger partial charge in [0.05, 0.1) is 37.4 Å². The van der Waals surface area contributed by atoms with E-state index in [1.54, 1.807) is 7.11 Å². The molecule has 33 heavy (non-hydrogen) atoms. The van der Waals surface area contributed by atoms with Gasteiger partial charge in [-0.2, -0.15) is 4.31 Å². The number of ether oxygens (including phenoxy) is 3. The van der Waals surface area contributed by atoms with E-state index >= 15 is 0 Å². The molecule has 0 aromatic heterocycles. The minimum atomic E-state index is -4.06. The van der Waals surface area contributed by atoms with Gasteiger partial charge in [0.15, 0.2) is 0 Å². The summed E-state index contributed by atoms with van der Waals surface area (Å²) in [5, 5.41) is 0. The molecule has 0 atom stereocenters. The first-order valence-corrected chi connectivity index (χ1v) is 11.9. The highest BCUT2D eigenvalue weighted by atomic mass is 32.2. The Hall–Kier alpha value is -2.95. The topological polar surface area (TPSA) is 102 Å². The molecule has 1 saturated heterocycles. The van der Waals surface area contributed by atoms with E-state index in [2.05, 4.69) is 4.90 Å². The molecule has 0 N–H and O–H groups in total. The van der Waals surface area contributed by atoms with E-state index in [1.165, 1.54) is 36.7 Å². The van der Waals surface area contributed by atoms with Crippen LogP contribution in [-0.4, -0.2) is 77.1 Å². The zero-order chi connectivity index (χ0) is 24.0. The van der Waals surface area contributed by atoms with Crippen LogP contribution < -0.4 is 4.74 Å². The molecule has 0 unspecified atom stereocenters. The van der Waals surface area contributed by atoms with E-state index in [0.717, 1.165) is 17.9 Å². The lowest BCUT2D eigenvalue weighted by molar-refractivity contribution is 0.0583. The number of nitrogens with zero attached hydrogens (tertiary/aromatic N) is 2. The zero-order valence-electron chi connectivity index (χ0n) is 18.9. The van der Waals surface area contributed by atoms with E-state index in [9.17, 15) is 18.0 Å². The molecule has 0 aliphatic carbocycles. The Balaban J connectivity index is 1.82. The van der Waals surface area contributed by atoms with Crippen LogP contribution >= 0.6 is 0 Å². The van der Waals surface area contributed by atoms with Crippen molar-refractivity contribution in [2.75, 3.05) is 47.5 Å². The summed E-state index contributed by atoms with van der Waals surface area (Å²) in [6.45, 7) is 2.48. The van der Waals surface area contributed by atoms with Crippen LogP contribution in [0, 0.1) is 0 Å². The molecular formula is C23H28N2O7S. The molecule has 0 radical (unpaired) electrons. The molecule has 2 aromatic rings. The fraction of sp³-hybridized carbons (Fsp3) is 0.391. The summed E-state index contributed by atoms with van der Waals surface area (Å²) in [5.74, 6) is -0.701. The zero-order valence-corrected chi connectivity index (χ0v) is 19.8. The fourth-order valence-corrected chi connectivity index (χ4v) is 5.41. The summed E-state index contributed by atoms with van der Waals surface area (Å²) in [6.07, 6.45) is 0.625. The van der Waals surface area contributed by atoms with E-state index in [1.807, 2.05) is 24.3 Å².